The summed E-state index contributed by atoms with van der Waals surface area (Å²) >= 11 is 0. The summed E-state index contributed by atoms with van der Waals surface area (Å²) in [6.07, 6.45) is 27.4. The van der Waals surface area contributed by atoms with Gasteiger partial charge in [0.15, 0.2) is 0 Å². The minimum atomic E-state index is 0.732. The largest absolute Gasteiger partial charge is 0.198 e. The van der Waals surface area contributed by atoms with Crippen LogP contribution in [0.25, 0.3) is 0 Å². The molecule has 0 radical (unpaired) electrons. The molecule has 0 heterocycles. The summed E-state index contributed by atoms with van der Waals surface area (Å²) < 4.78 is 0. The fraction of sp³-hybridized carbons (Fsp3) is 0.840. The van der Waals surface area contributed by atoms with Gasteiger partial charge in [-0.15, -0.1) is 0 Å². The van der Waals surface area contributed by atoms with E-state index in [-0.39, 0.29) is 0 Å². The average Bonchev–Trinajstić information content (AvgIpc) is 2.67. The molecule has 0 saturated heterocycles. The van der Waals surface area contributed by atoms with Gasteiger partial charge in [0.1, 0.15) is 0 Å². The highest BCUT2D eigenvalue weighted by atomic mass is 14.2. The van der Waals surface area contributed by atoms with Crippen LogP contribution < -0.4 is 0 Å². The third-order valence-electron chi connectivity index (χ3n) is 5.35. The maximum Gasteiger partial charge on any atom is 0.0621 e. The number of hydrogen-bond acceptors (Lipinski definition) is 2. The van der Waals surface area contributed by atoms with Crippen molar-refractivity contribution in [3.63, 3.8) is 0 Å². The predicted octanol–water partition coefficient (Wildman–Crippen LogP) is 8.78. The molecule has 0 aliphatic carbocycles. The van der Waals surface area contributed by atoms with Crippen LogP contribution in [0.5, 0.6) is 0 Å². The zero-order valence-corrected chi connectivity index (χ0v) is 18.1. The molecule has 27 heavy (non-hydrogen) atoms. The normalized spacial score (nSPS) is 11.3. The van der Waals surface area contributed by atoms with E-state index in [0.717, 1.165) is 25.7 Å². The Bertz CT molecular complexity index is 411. The Labute approximate surface area is 170 Å². The van der Waals surface area contributed by atoms with Gasteiger partial charge >= 0.3 is 0 Å². The van der Waals surface area contributed by atoms with E-state index >= 15 is 0 Å². The molecule has 0 bridgehead atoms. The minimum absolute atomic E-state index is 0.732. The number of allylic oxidation sites excluding steroid dienone is 2. The van der Waals surface area contributed by atoms with Gasteiger partial charge in [-0.25, -0.2) is 0 Å². The van der Waals surface area contributed by atoms with Crippen LogP contribution in [-0.2, 0) is 0 Å². The maximum atomic E-state index is 8.49. The summed E-state index contributed by atoms with van der Waals surface area (Å²) in [7, 11) is 0. The molecule has 2 nitrogen and oxygen atoms in total. The number of unbranched alkanes of at least 4 members (excludes halogenated alkanes) is 17. The van der Waals surface area contributed by atoms with Crippen molar-refractivity contribution in [2.45, 2.75) is 135 Å². The molecule has 0 aromatic carbocycles. The Hall–Kier alpha value is -1.28. The molecule has 0 aromatic rings. The number of hydrogen-bond donors (Lipinski definition) is 0. The summed E-state index contributed by atoms with van der Waals surface area (Å²) in [5.74, 6) is 0. The van der Waals surface area contributed by atoms with Crippen molar-refractivity contribution in [1.82, 2.24) is 0 Å². The molecule has 0 rings (SSSR count). The fourth-order valence-electron chi connectivity index (χ4n) is 3.53. The van der Waals surface area contributed by atoms with E-state index < -0.39 is 0 Å². The van der Waals surface area contributed by atoms with Crippen molar-refractivity contribution in [1.29, 1.82) is 10.5 Å². The molecular formula is C25H44N2. The van der Waals surface area contributed by atoms with E-state index in [0.29, 0.717) is 0 Å². The second-order valence-corrected chi connectivity index (χ2v) is 8.06. The molecule has 0 aliphatic rings. The van der Waals surface area contributed by atoms with Gasteiger partial charge in [0.05, 0.1) is 12.1 Å². The highest BCUT2D eigenvalue weighted by Gasteiger charge is 1.95. The van der Waals surface area contributed by atoms with E-state index in [1.807, 2.05) is 0 Å². The molecular weight excluding hydrogens is 328 g/mol. The van der Waals surface area contributed by atoms with E-state index in [4.69, 9.17) is 10.5 Å². The quantitative estimate of drug-likeness (QED) is 0.158. The van der Waals surface area contributed by atoms with E-state index in [1.165, 1.54) is 103 Å². The van der Waals surface area contributed by atoms with Gasteiger partial charge in [-0.1, -0.05) is 88.7 Å². The lowest BCUT2D eigenvalue weighted by Gasteiger charge is -2.04. The van der Waals surface area contributed by atoms with Crippen LogP contribution in [0.4, 0.5) is 0 Å². The van der Waals surface area contributed by atoms with Gasteiger partial charge in [0.25, 0.3) is 0 Å². The summed E-state index contributed by atoms with van der Waals surface area (Å²) in [5.41, 5.74) is 1.59. The van der Waals surface area contributed by atoms with Crippen molar-refractivity contribution in [3.8, 4) is 12.1 Å². The SMILES string of the molecule is C/C(=C\CCCCCCCCCCC#N)CCCCCCCCCCC#N. The average molecular weight is 373 g/mol. The summed E-state index contributed by atoms with van der Waals surface area (Å²) in [5, 5.41) is 17.0. The lowest BCUT2D eigenvalue weighted by Crippen LogP contribution is -1.84. The lowest BCUT2D eigenvalue weighted by atomic mass is 10.0. The highest BCUT2D eigenvalue weighted by molar-refractivity contribution is 4.97. The maximum absolute atomic E-state index is 8.49. The van der Waals surface area contributed by atoms with Crippen LogP contribution in [0.1, 0.15) is 135 Å². The molecule has 0 amide bonds. The Morgan fingerprint density at radius 1 is 0.556 bits per heavy atom. The Morgan fingerprint density at radius 3 is 1.37 bits per heavy atom. The zero-order chi connectivity index (χ0) is 19.8. The fourth-order valence-corrected chi connectivity index (χ4v) is 3.53. The van der Waals surface area contributed by atoms with Crippen LogP contribution >= 0.6 is 0 Å². The Morgan fingerprint density at radius 2 is 0.926 bits per heavy atom. The number of nitrogens with zero attached hydrogens (tertiary/aromatic N) is 2. The van der Waals surface area contributed by atoms with Crippen molar-refractivity contribution >= 4 is 0 Å². The first-order valence-corrected chi connectivity index (χ1v) is 11.7. The summed E-state index contributed by atoms with van der Waals surface area (Å²) in [6, 6.07) is 4.44. The van der Waals surface area contributed by atoms with E-state index in [1.54, 1.807) is 5.57 Å². The highest BCUT2D eigenvalue weighted by Crippen LogP contribution is 2.15. The molecule has 0 aromatic heterocycles. The molecule has 0 atom stereocenters. The first kappa shape index (κ1) is 25.7. The second-order valence-electron chi connectivity index (χ2n) is 8.06. The molecule has 154 valence electrons. The van der Waals surface area contributed by atoms with Crippen LogP contribution in [0.15, 0.2) is 11.6 Å². The van der Waals surface area contributed by atoms with Gasteiger partial charge in [0, 0.05) is 12.8 Å². The van der Waals surface area contributed by atoms with E-state index in [9.17, 15) is 0 Å². The van der Waals surface area contributed by atoms with Gasteiger partial charge in [0.2, 0.25) is 0 Å². The van der Waals surface area contributed by atoms with Crippen LogP contribution in [0.2, 0.25) is 0 Å². The zero-order valence-electron chi connectivity index (χ0n) is 18.1. The molecule has 0 fully saturated rings. The van der Waals surface area contributed by atoms with Crippen LogP contribution in [0, 0.1) is 22.7 Å². The van der Waals surface area contributed by atoms with Crippen molar-refractivity contribution in [3.05, 3.63) is 11.6 Å². The first-order valence-electron chi connectivity index (χ1n) is 11.7. The van der Waals surface area contributed by atoms with Gasteiger partial charge in [-0.2, -0.15) is 10.5 Å². The summed E-state index contributed by atoms with van der Waals surface area (Å²) in [4.78, 5) is 0. The molecule has 0 N–H and O–H groups in total. The predicted molar refractivity (Wildman–Crippen MR) is 117 cm³/mol. The van der Waals surface area contributed by atoms with Crippen LogP contribution in [-0.4, -0.2) is 0 Å². The third kappa shape index (κ3) is 22.7. The third-order valence-corrected chi connectivity index (χ3v) is 5.35. The topological polar surface area (TPSA) is 47.6 Å². The van der Waals surface area contributed by atoms with Crippen molar-refractivity contribution < 1.29 is 0 Å². The summed E-state index contributed by atoms with van der Waals surface area (Å²) in [6.45, 7) is 2.30. The first-order chi connectivity index (χ1) is 13.3. The number of nitriles is 2. The van der Waals surface area contributed by atoms with Crippen molar-refractivity contribution in [2.75, 3.05) is 0 Å². The second kappa shape index (κ2) is 22.8. The monoisotopic (exact) mass is 372 g/mol. The number of rotatable bonds is 20. The van der Waals surface area contributed by atoms with E-state index in [2.05, 4.69) is 25.1 Å². The van der Waals surface area contributed by atoms with Crippen LogP contribution in [0.3, 0.4) is 0 Å². The Kier molecular flexibility index (Phi) is 21.7. The standard InChI is InChI=1S/C25H44N2/c1-25(22-18-14-10-6-4-8-12-16-20-24-27)21-17-13-9-5-2-3-7-11-15-19-23-26/h21H,2-20,22H2,1H3/b25-21+. The molecule has 0 aliphatic heterocycles. The molecule has 0 spiro atoms. The van der Waals surface area contributed by atoms with Gasteiger partial charge in [-0.3, -0.25) is 0 Å². The lowest BCUT2D eigenvalue weighted by molar-refractivity contribution is 0.567. The molecule has 0 saturated carbocycles. The van der Waals surface area contributed by atoms with Gasteiger partial charge in [-0.05, 0) is 45.4 Å². The molecule has 0 unspecified atom stereocenters. The van der Waals surface area contributed by atoms with Crippen molar-refractivity contribution in [2.24, 2.45) is 0 Å². The Balaban J connectivity index is 3.25. The molecule has 2 heteroatoms. The smallest absolute Gasteiger partial charge is 0.0621 e. The minimum Gasteiger partial charge on any atom is -0.198 e. The van der Waals surface area contributed by atoms with Gasteiger partial charge < -0.3 is 0 Å².